The van der Waals surface area contributed by atoms with Crippen molar-refractivity contribution >= 4 is 23.4 Å². The van der Waals surface area contributed by atoms with E-state index in [1.807, 2.05) is 60.7 Å². The zero-order chi connectivity index (χ0) is 18.9. The van der Waals surface area contributed by atoms with Crippen molar-refractivity contribution in [1.29, 1.82) is 0 Å². The summed E-state index contributed by atoms with van der Waals surface area (Å²) >= 11 is 1.68. The van der Waals surface area contributed by atoms with Crippen LogP contribution in [0.2, 0.25) is 0 Å². The second-order valence-electron chi connectivity index (χ2n) is 6.18. The van der Waals surface area contributed by atoms with Crippen LogP contribution in [-0.2, 0) is 17.0 Å². The molecule has 0 aliphatic carbocycles. The second-order valence-corrected chi connectivity index (χ2v) is 7.18. The molecule has 0 saturated heterocycles. The van der Waals surface area contributed by atoms with Crippen molar-refractivity contribution < 1.29 is 4.79 Å². The van der Waals surface area contributed by atoms with E-state index in [1.165, 1.54) is 5.56 Å². The maximum Gasteiger partial charge on any atom is 0.241 e. The average molecular weight is 378 g/mol. The number of aromatic nitrogens is 1. The first-order valence-corrected chi connectivity index (χ1v) is 9.88. The molecule has 2 aromatic carbocycles. The van der Waals surface area contributed by atoms with Gasteiger partial charge in [-0.3, -0.25) is 4.79 Å². The quantitative estimate of drug-likeness (QED) is 0.579. The van der Waals surface area contributed by atoms with Gasteiger partial charge in [0.1, 0.15) is 0 Å². The van der Waals surface area contributed by atoms with E-state index < -0.39 is 0 Å². The second kappa shape index (κ2) is 9.90. The number of pyridine rings is 1. The highest BCUT2D eigenvalue weighted by atomic mass is 32.2. The predicted molar refractivity (Wildman–Crippen MR) is 112 cm³/mol. The Balaban J connectivity index is 1.54. The Bertz CT molecular complexity index is 838. The molecule has 1 amide bonds. The van der Waals surface area contributed by atoms with Gasteiger partial charge in [0.15, 0.2) is 0 Å². The third-order valence-corrected chi connectivity index (χ3v) is 5.20. The van der Waals surface area contributed by atoms with Crippen LogP contribution < -0.4 is 10.6 Å². The monoisotopic (exact) mass is 377 g/mol. The average Bonchev–Trinajstić information content (AvgIpc) is 2.73. The number of rotatable bonds is 8. The normalized spacial score (nSPS) is 11.7. The van der Waals surface area contributed by atoms with Crippen molar-refractivity contribution in [3.63, 3.8) is 0 Å². The summed E-state index contributed by atoms with van der Waals surface area (Å²) in [6, 6.07) is 23.8. The van der Waals surface area contributed by atoms with Gasteiger partial charge in [0, 0.05) is 5.75 Å². The molecule has 3 rings (SSSR count). The first-order valence-electron chi connectivity index (χ1n) is 8.89. The Hall–Kier alpha value is -2.63. The summed E-state index contributed by atoms with van der Waals surface area (Å²) in [6.07, 6.45) is 2.35. The van der Waals surface area contributed by atoms with Crippen LogP contribution >= 0.6 is 11.8 Å². The topological polar surface area (TPSA) is 54.0 Å². The summed E-state index contributed by atoms with van der Waals surface area (Å²) in [7, 11) is 1.80. The highest BCUT2D eigenvalue weighted by Gasteiger charge is 2.17. The van der Waals surface area contributed by atoms with Gasteiger partial charge in [-0.2, -0.15) is 0 Å². The molecule has 0 spiro atoms. The Morgan fingerprint density at radius 2 is 1.63 bits per heavy atom. The van der Waals surface area contributed by atoms with E-state index in [9.17, 15) is 4.79 Å². The molecule has 1 unspecified atom stereocenters. The fraction of sp³-hybridized carbons (Fsp3) is 0.182. The van der Waals surface area contributed by atoms with Crippen LogP contribution in [0.4, 0.5) is 5.69 Å². The van der Waals surface area contributed by atoms with Gasteiger partial charge < -0.3 is 10.6 Å². The highest BCUT2D eigenvalue weighted by molar-refractivity contribution is 7.98. The van der Waals surface area contributed by atoms with E-state index in [2.05, 4.69) is 27.8 Å². The molecule has 4 nitrogen and oxygen atoms in total. The molecule has 0 saturated carbocycles. The van der Waals surface area contributed by atoms with E-state index in [0.29, 0.717) is 12.1 Å². The summed E-state index contributed by atoms with van der Waals surface area (Å²) in [5, 5.41) is 6.96. The fourth-order valence-electron chi connectivity index (χ4n) is 2.68. The molecular weight excluding hydrogens is 354 g/mol. The van der Waals surface area contributed by atoms with Crippen LogP contribution in [0, 0.1) is 0 Å². The summed E-state index contributed by atoms with van der Waals surface area (Å²) in [6.45, 7) is 0. The lowest BCUT2D eigenvalue weighted by molar-refractivity contribution is -0.118. The molecule has 3 aromatic rings. The number of nitrogens with one attached hydrogen (secondary N) is 2. The number of likely N-dealkylation sites (N-methyl/N-ethyl adjacent to an activating group) is 1. The molecule has 5 heteroatoms. The van der Waals surface area contributed by atoms with Gasteiger partial charge >= 0.3 is 0 Å². The Labute approximate surface area is 164 Å². The molecule has 0 aliphatic rings. The van der Waals surface area contributed by atoms with Gasteiger partial charge in [0.25, 0.3) is 0 Å². The SMILES string of the molecule is CNC(Cc1ccccc1)C(=O)Nc1ccc(SCc2ccccc2)nc1. The number of amides is 1. The number of hydrogen-bond donors (Lipinski definition) is 2. The molecule has 1 atom stereocenters. The molecule has 138 valence electrons. The zero-order valence-corrected chi connectivity index (χ0v) is 16.1. The Kier molecular flexibility index (Phi) is 7.02. The lowest BCUT2D eigenvalue weighted by Crippen LogP contribution is -2.40. The maximum absolute atomic E-state index is 12.5. The van der Waals surface area contributed by atoms with Crippen molar-refractivity contribution in [3.05, 3.63) is 90.1 Å². The lowest BCUT2D eigenvalue weighted by Gasteiger charge is -2.16. The lowest BCUT2D eigenvalue weighted by atomic mass is 10.1. The summed E-state index contributed by atoms with van der Waals surface area (Å²) in [5.41, 5.74) is 3.09. The minimum Gasteiger partial charge on any atom is -0.323 e. The number of hydrogen-bond acceptors (Lipinski definition) is 4. The smallest absolute Gasteiger partial charge is 0.241 e. The largest absolute Gasteiger partial charge is 0.323 e. The first-order chi connectivity index (χ1) is 13.2. The van der Waals surface area contributed by atoms with Crippen LogP contribution in [-0.4, -0.2) is 24.0 Å². The Morgan fingerprint density at radius 3 is 2.22 bits per heavy atom. The van der Waals surface area contributed by atoms with Crippen LogP contribution in [0.5, 0.6) is 0 Å². The van der Waals surface area contributed by atoms with E-state index in [-0.39, 0.29) is 11.9 Å². The molecular formula is C22H23N3OS. The van der Waals surface area contributed by atoms with E-state index in [4.69, 9.17) is 0 Å². The van der Waals surface area contributed by atoms with Gasteiger partial charge in [-0.1, -0.05) is 60.7 Å². The molecule has 2 N–H and O–H groups in total. The molecule has 0 bridgehead atoms. The summed E-state index contributed by atoms with van der Waals surface area (Å²) in [5.74, 6) is 0.811. The third kappa shape index (κ3) is 5.94. The number of nitrogens with zero attached hydrogens (tertiary/aromatic N) is 1. The number of benzene rings is 2. The maximum atomic E-state index is 12.5. The molecule has 0 fully saturated rings. The Morgan fingerprint density at radius 1 is 0.963 bits per heavy atom. The first kappa shape index (κ1) is 19.1. The third-order valence-electron chi connectivity index (χ3n) is 4.18. The van der Waals surface area contributed by atoms with Gasteiger partial charge in [-0.25, -0.2) is 4.98 Å². The van der Waals surface area contributed by atoms with Gasteiger partial charge in [0.05, 0.1) is 23.0 Å². The van der Waals surface area contributed by atoms with E-state index >= 15 is 0 Å². The standard InChI is InChI=1S/C22H23N3OS/c1-23-20(14-17-8-4-2-5-9-17)22(26)25-19-12-13-21(24-15-19)27-16-18-10-6-3-7-11-18/h2-13,15,20,23H,14,16H2,1H3,(H,25,26). The van der Waals surface area contributed by atoms with E-state index in [0.717, 1.165) is 16.3 Å². The van der Waals surface area contributed by atoms with Crippen molar-refractivity contribution in [2.75, 3.05) is 12.4 Å². The van der Waals surface area contributed by atoms with E-state index in [1.54, 1.807) is 25.0 Å². The van der Waals surface area contributed by atoms with Gasteiger partial charge in [0.2, 0.25) is 5.91 Å². The van der Waals surface area contributed by atoms with Crippen molar-refractivity contribution in [2.24, 2.45) is 0 Å². The van der Waals surface area contributed by atoms with Crippen molar-refractivity contribution in [2.45, 2.75) is 23.2 Å². The predicted octanol–water partition coefficient (Wildman–Crippen LogP) is 4.14. The molecule has 1 heterocycles. The summed E-state index contributed by atoms with van der Waals surface area (Å²) in [4.78, 5) is 17.0. The van der Waals surface area contributed by atoms with Gasteiger partial charge in [-0.15, -0.1) is 11.8 Å². The minimum absolute atomic E-state index is 0.0622. The number of thioether (sulfide) groups is 1. The molecule has 1 aromatic heterocycles. The van der Waals surface area contributed by atoms with Crippen molar-refractivity contribution in [3.8, 4) is 0 Å². The minimum atomic E-state index is -0.292. The number of carbonyl (C=O) groups is 1. The molecule has 27 heavy (non-hydrogen) atoms. The van der Waals surface area contributed by atoms with Gasteiger partial charge in [-0.05, 0) is 36.7 Å². The van der Waals surface area contributed by atoms with Crippen LogP contribution in [0.3, 0.4) is 0 Å². The highest BCUT2D eigenvalue weighted by Crippen LogP contribution is 2.21. The molecule has 0 aliphatic heterocycles. The number of anilines is 1. The molecule has 0 radical (unpaired) electrons. The van der Waals surface area contributed by atoms with Crippen LogP contribution in [0.1, 0.15) is 11.1 Å². The van der Waals surface area contributed by atoms with Crippen molar-refractivity contribution in [1.82, 2.24) is 10.3 Å². The fourth-order valence-corrected chi connectivity index (χ4v) is 3.47. The summed E-state index contributed by atoms with van der Waals surface area (Å²) < 4.78 is 0. The van der Waals surface area contributed by atoms with Crippen LogP contribution in [0.15, 0.2) is 84.0 Å². The zero-order valence-electron chi connectivity index (χ0n) is 15.3. The van der Waals surface area contributed by atoms with Crippen LogP contribution in [0.25, 0.3) is 0 Å². The number of carbonyl (C=O) groups excluding carboxylic acids is 1.